The standard InChI is InChI=1S/C11H13ClN4/c1-6-10(14-2)16-11(15-6)7-4-3-5-8(12)9(7)13/h3-5,14H,13H2,1-2H3,(H,15,16). The van der Waals surface area contributed by atoms with Crippen molar-refractivity contribution in [3.8, 4) is 11.4 Å². The van der Waals surface area contributed by atoms with E-state index in [-0.39, 0.29) is 0 Å². The summed E-state index contributed by atoms with van der Waals surface area (Å²) < 4.78 is 0. The predicted octanol–water partition coefficient (Wildman–Crippen LogP) is 2.66. The summed E-state index contributed by atoms with van der Waals surface area (Å²) in [6.45, 7) is 1.92. The zero-order valence-electron chi connectivity index (χ0n) is 9.13. The summed E-state index contributed by atoms with van der Waals surface area (Å²) in [6, 6.07) is 5.50. The van der Waals surface area contributed by atoms with Crippen molar-refractivity contribution in [2.45, 2.75) is 6.92 Å². The molecule has 0 spiro atoms. The summed E-state index contributed by atoms with van der Waals surface area (Å²) in [5.41, 5.74) is 8.16. The molecule has 2 rings (SSSR count). The molecule has 0 aliphatic rings. The number of rotatable bonds is 2. The summed E-state index contributed by atoms with van der Waals surface area (Å²) in [7, 11) is 1.84. The van der Waals surface area contributed by atoms with Crippen LogP contribution in [0, 0.1) is 6.92 Å². The molecular formula is C11H13ClN4. The first kappa shape index (κ1) is 10.8. The highest BCUT2D eigenvalue weighted by atomic mass is 35.5. The molecule has 0 saturated heterocycles. The molecule has 0 saturated carbocycles. The van der Waals surface area contributed by atoms with Crippen molar-refractivity contribution in [1.82, 2.24) is 9.97 Å². The van der Waals surface area contributed by atoms with Gasteiger partial charge in [0, 0.05) is 12.6 Å². The predicted molar refractivity (Wildman–Crippen MR) is 67.7 cm³/mol. The number of nitrogens with zero attached hydrogens (tertiary/aromatic N) is 1. The van der Waals surface area contributed by atoms with E-state index >= 15 is 0 Å². The van der Waals surface area contributed by atoms with Crippen LogP contribution in [0.5, 0.6) is 0 Å². The Morgan fingerprint density at radius 2 is 2.19 bits per heavy atom. The number of nitrogens with one attached hydrogen (secondary N) is 2. The van der Waals surface area contributed by atoms with E-state index in [0.717, 1.165) is 22.9 Å². The number of benzene rings is 1. The summed E-state index contributed by atoms with van der Waals surface area (Å²) in [4.78, 5) is 7.55. The van der Waals surface area contributed by atoms with Crippen LogP contribution in [0.3, 0.4) is 0 Å². The van der Waals surface area contributed by atoms with Crippen LogP contribution in [0.2, 0.25) is 5.02 Å². The van der Waals surface area contributed by atoms with Crippen LogP contribution in [0.1, 0.15) is 5.69 Å². The molecule has 0 aliphatic carbocycles. The first-order valence-electron chi connectivity index (χ1n) is 4.92. The Hall–Kier alpha value is -1.68. The van der Waals surface area contributed by atoms with Gasteiger partial charge in [-0.25, -0.2) is 4.98 Å². The number of aryl methyl sites for hydroxylation is 1. The Morgan fingerprint density at radius 1 is 1.44 bits per heavy atom. The molecule has 16 heavy (non-hydrogen) atoms. The van der Waals surface area contributed by atoms with E-state index < -0.39 is 0 Å². The van der Waals surface area contributed by atoms with E-state index in [1.54, 1.807) is 6.07 Å². The zero-order valence-corrected chi connectivity index (χ0v) is 9.89. The van der Waals surface area contributed by atoms with Crippen LogP contribution in [0.15, 0.2) is 18.2 Å². The summed E-state index contributed by atoms with van der Waals surface area (Å²) >= 11 is 5.96. The maximum Gasteiger partial charge on any atom is 0.141 e. The van der Waals surface area contributed by atoms with Crippen molar-refractivity contribution in [2.24, 2.45) is 0 Å². The van der Waals surface area contributed by atoms with Crippen LogP contribution >= 0.6 is 11.6 Å². The molecule has 4 N–H and O–H groups in total. The van der Waals surface area contributed by atoms with Gasteiger partial charge in [0.2, 0.25) is 0 Å². The second-order valence-electron chi connectivity index (χ2n) is 3.50. The minimum absolute atomic E-state index is 0.539. The largest absolute Gasteiger partial charge is 0.397 e. The van der Waals surface area contributed by atoms with Gasteiger partial charge in [-0.15, -0.1) is 0 Å². The Balaban J connectivity index is 2.54. The number of nitrogens with two attached hydrogens (primary N) is 1. The third-order valence-electron chi connectivity index (χ3n) is 2.44. The molecule has 1 heterocycles. The summed E-state index contributed by atoms with van der Waals surface area (Å²) in [6.07, 6.45) is 0. The molecule has 2 aromatic rings. The summed E-state index contributed by atoms with van der Waals surface area (Å²) in [5.74, 6) is 1.61. The lowest BCUT2D eigenvalue weighted by atomic mass is 10.2. The molecule has 5 heteroatoms. The van der Waals surface area contributed by atoms with Gasteiger partial charge in [0.05, 0.1) is 16.4 Å². The van der Waals surface area contributed by atoms with Crippen LogP contribution in [0.25, 0.3) is 11.4 Å². The fourth-order valence-electron chi connectivity index (χ4n) is 1.57. The molecular weight excluding hydrogens is 224 g/mol. The Morgan fingerprint density at radius 3 is 2.81 bits per heavy atom. The Bertz CT molecular complexity index is 519. The number of H-pyrrole nitrogens is 1. The highest BCUT2D eigenvalue weighted by Crippen LogP contribution is 2.30. The lowest BCUT2D eigenvalue weighted by Gasteiger charge is -2.03. The van der Waals surface area contributed by atoms with E-state index in [0.29, 0.717) is 10.7 Å². The Kier molecular flexibility index (Phi) is 2.75. The number of anilines is 2. The van der Waals surface area contributed by atoms with Gasteiger partial charge in [0.15, 0.2) is 0 Å². The number of nitrogen functional groups attached to an aromatic ring is 1. The van der Waals surface area contributed by atoms with Gasteiger partial charge < -0.3 is 16.0 Å². The second-order valence-corrected chi connectivity index (χ2v) is 3.90. The SMILES string of the molecule is CNc1[nH]c(-c2cccc(Cl)c2N)nc1C. The fraction of sp³-hybridized carbons (Fsp3) is 0.182. The third kappa shape index (κ3) is 1.72. The first-order valence-corrected chi connectivity index (χ1v) is 5.30. The topological polar surface area (TPSA) is 66.7 Å². The molecule has 0 unspecified atom stereocenters. The summed E-state index contributed by atoms with van der Waals surface area (Å²) in [5, 5.41) is 3.57. The molecule has 0 amide bonds. The van der Waals surface area contributed by atoms with E-state index in [2.05, 4.69) is 15.3 Å². The number of para-hydroxylation sites is 1. The van der Waals surface area contributed by atoms with E-state index in [4.69, 9.17) is 17.3 Å². The first-order chi connectivity index (χ1) is 7.63. The van der Waals surface area contributed by atoms with Crippen molar-refractivity contribution in [1.29, 1.82) is 0 Å². The van der Waals surface area contributed by atoms with Crippen molar-refractivity contribution in [3.05, 3.63) is 28.9 Å². The maximum atomic E-state index is 5.96. The van der Waals surface area contributed by atoms with Crippen molar-refractivity contribution >= 4 is 23.1 Å². The zero-order chi connectivity index (χ0) is 11.7. The molecule has 1 aromatic carbocycles. The molecule has 0 atom stereocenters. The molecule has 0 radical (unpaired) electrons. The van der Waals surface area contributed by atoms with E-state index in [1.165, 1.54) is 0 Å². The quantitative estimate of drug-likeness (QED) is 0.703. The van der Waals surface area contributed by atoms with Gasteiger partial charge in [-0.05, 0) is 19.1 Å². The fourth-order valence-corrected chi connectivity index (χ4v) is 1.75. The number of hydrogen-bond acceptors (Lipinski definition) is 3. The van der Waals surface area contributed by atoms with Gasteiger partial charge in [-0.1, -0.05) is 17.7 Å². The number of halogens is 1. The minimum Gasteiger partial charge on any atom is -0.397 e. The van der Waals surface area contributed by atoms with Crippen LogP contribution in [-0.4, -0.2) is 17.0 Å². The van der Waals surface area contributed by atoms with E-state index in [9.17, 15) is 0 Å². The Labute approximate surface area is 98.8 Å². The van der Waals surface area contributed by atoms with Crippen LogP contribution in [-0.2, 0) is 0 Å². The van der Waals surface area contributed by atoms with Gasteiger partial charge in [-0.2, -0.15) is 0 Å². The maximum absolute atomic E-state index is 5.96. The highest BCUT2D eigenvalue weighted by molar-refractivity contribution is 6.33. The molecule has 1 aromatic heterocycles. The molecule has 4 nitrogen and oxygen atoms in total. The van der Waals surface area contributed by atoms with Crippen LogP contribution < -0.4 is 11.1 Å². The van der Waals surface area contributed by atoms with Crippen LogP contribution in [0.4, 0.5) is 11.5 Å². The molecule has 0 fully saturated rings. The lowest BCUT2D eigenvalue weighted by molar-refractivity contribution is 1.25. The smallest absolute Gasteiger partial charge is 0.141 e. The van der Waals surface area contributed by atoms with E-state index in [1.807, 2.05) is 26.1 Å². The lowest BCUT2D eigenvalue weighted by Crippen LogP contribution is -1.92. The minimum atomic E-state index is 0.539. The van der Waals surface area contributed by atoms with Crippen molar-refractivity contribution in [3.63, 3.8) is 0 Å². The monoisotopic (exact) mass is 236 g/mol. The average molecular weight is 237 g/mol. The molecule has 0 bridgehead atoms. The molecule has 84 valence electrons. The third-order valence-corrected chi connectivity index (χ3v) is 2.77. The van der Waals surface area contributed by atoms with Crippen molar-refractivity contribution in [2.75, 3.05) is 18.1 Å². The number of hydrogen-bond donors (Lipinski definition) is 3. The van der Waals surface area contributed by atoms with Gasteiger partial charge >= 0.3 is 0 Å². The van der Waals surface area contributed by atoms with Gasteiger partial charge in [-0.3, -0.25) is 0 Å². The number of aromatic nitrogens is 2. The highest BCUT2D eigenvalue weighted by Gasteiger charge is 2.11. The number of imidazole rings is 1. The molecule has 0 aliphatic heterocycles. The van der Waals surface area contributed by atoms with Gasteiger partial charge in [0.25, 0.3) is 0 Å². The van der Waals surface area contributed by atoms with Crippen molar-refractivity contribution < 1.29 is 0 Å². The average Bonchev–Trinajstić information content (AvgIpc) is 2.63. The number of aromatic amines is 1. The van der Waals surface area contributed by atoms with Gasteiger partial charge in [0.1, 0.15) is 11.6 Å². The normalized spacial score (nSPS) is 10.4. The second kappa shape index (κ2) is 4.06.